The molecule has 0 aliphatic carbocycles. The van der Waals surface area contributed by atoms with Gasteiger partial charge in [-0.2, -0.15) is 0 Å². The normalized spacial score (nSPS) is 14.4. The predicted octanol–water partition coefficient (Wildman–Crippen LogP) is 3.82. The van der Waals surface area contributed by atoms with Gasteiger partial charge in [0.25, 0.3) is 0 Å². The van der Waals surface area contributed by atoms with Crippen LogP contribution < -0.4 is 0 Å². The van der Waals surface area contributed by atoms with Crippen molar-refractivity contribution in [3.05, 3.63) is 34.9 Å². The Labute approximate surface area is 96.5 Å². The Morgan fingerprint density at radius 3 is 2.50 bits per heavy atom. The van der Waals surface area contributed by atoms with E-state index in [0.717, 1.165) is 0 Å². The van der Waals surface area contributed by atoms with Gasteiger partial charge < -0.3 is 0 Å². The van der Waals surface area contributed by atoms with Gasteiger partial charge >= 0.3 is 0 Å². The molecule has 0 saturated heterocycles. The monoisotopic (exact) mass is 294 g/mol. The van der Waals surface area contributed by atoms with Crippen LogP contribution in [-0.4, -0.2) is 23.5 Å². The summed E-state index contributed by atoms with van der Waals surface area (Å²) in [5.41, 5.74) is 0.608. The van der Waals surface area contributed by atoms with Crippen molar-refractivity contribution in [1.29, 1.82) is 0 Å². The van der Waals surface area contributed by atoms with Crippen molar-refractivity contribution in [2.45, 2.75) is 0 Å². The molecule has 0 N–H and O–H groups in total. The van der Waals surface area contributed by atoms with Gasteiger partial charge in [0.05, 0.1) is 0 Å². The van der Waals surface area contributed by atoms with Gasteiger partial charge in [0.15, 0.2) is 0 Å². The van der Waals surface area contributed by atoms with E-state index in [-0.39, 0.29) is 5.12 Å². The highest BCUT2D eigenvalue weighted by atomic mass is 79.9. The smallest absolute Gasteiger partial charge is 0.206 e. The molecular weight excluding hydrogens is 284 g/mol. The maximum Gasteiger partial charge on any atom is 0.206 e. The van der Waals surface area contributed by atoms with E-state index < -0.39 is 7.18 Å². The summed E-state index contributed by atoms with van der Waals surface area (Å²) in [6.07, 6.45) is 3.67. The van der Waals surface area contributed by atoms with E-state index in [9.17, 15) is 4.79 Å². The number of hydrogen-bond acceptors (Lipinski definition) is 1. The minimum absolute atomic E-state index is 0.0181. The number of hydrogen-bond donors (Lipinski definition) is 0. The van der Waals surface area contributed by atoms with Crippen molar-refractivity contribution in [2.75, 3.05) is 12.5 Å². The topological polar surface area (TPSA) is 17.1 Å². The molecule has 0 saturated carbocycles. The van der Waals surface area contributed by atoms with Crippen LogP contribution in [0.3, 0.4) is 0 Å². The lowest BCUT2D eigenvalue weighted by atomic mass is 10.2. The first-order valence-corrected chi connectivity index (χ1v) is 9.18. The first-order chi connectivity index (χ1) is 6.17. The molecule has 0 unspecified atom stereocenters. The molecule has 78 valence electrons. The Kier molecular flexibility index (Phi) is 2.96. The Morgan fingerprint density at radius 1 is 1.50 bits per heavy atom. The second kappa shape index (κ2) is 3.47. The molecule has 0 fully saturated rings. The summed E-state index contributed by atoms with van der Waals surface area (Å²) in [7, 11) is -2.38. The fourth-order valence-electron chi connectivity index (χ4n) is 0.979. The molecular formula is C10H12BrClOS. The van der Waals surface area contributed by atoms with E-state index in [1.807, 2.05) is 12.5 Å². The third kappa shape index (κ3) is 2.94. The molecule has 4 heteroatoms. The number of rotatable bonds is 1. The highest BCUT2D eigenvalue weighted by molar-refractivity contribution is 9.63. The van der Waals surface area contributed by atoms with Crippen molar-refractivity contribution in [3.8, 4) is 0 Å². The fraction of sp³-hybridized carbons (Fsp3) is 0.200. The van der Waals surface area contributed by atoms with Crippen LogP contribution in [0.1, 0.15) is 10.4 Å². The fourth-order valence-corrected chi connectivity index (χ4v) is 2.58. The van der Waals surface area contributed by atoms with Gasteiger partial charge in [-0.05, 0) is 39.5 Å². The maximum atomic E-state index is 12.0. The second-order valence-corrected chi connectivity index (χ2v) is 14.9. The molecule has 0 aliphatic heterocycles. The van der Waals surface area contributed by atoms with Crippen LogP contribution in [0.4, 0.5) is 0 Å². The molecule has 0 amide bonds. The first kappa shape index (κ1) is 12.0. The van der Waals surface area contributed by atoms with Crippen molar-refractivity contribution in [2.24, 2.45) is 0 Å². The molecule has 1 aromatic carbocycles. The standard InChI is InChI=1S/C10H12BrClOS/c1-14(2,3,11)10(13)8-5-4-6-9(12)7-8/h4-7H,1H2,2-3H3. The molecule has 0 radical (unpaired) electrons. The Bertz CT molecular complexity index is 436. The highest BCUT2D eigenvalue weighted by Gasteiger charge is 2.25. The van der Waals surface area contributed by atoms with Gasteiger partial charge in [0.2, 0.25) is 5.12 Å². The molecule has 1 rings (SSSR count). The van der Waals surface area contributed by atoms with Crippen molar-refractivity contribution >= 4 is 44.6 Å². The minimum atomic E-state index is -2.38. The second-order valence-electron chi connectivity index (χ2n) is 3.83. The summed E-state index contributed by atoms with van der Waals surface area (Å²) in [6, 6.07) is 6.93. The third-order valence-corrected chi connectivity index (χ3v) is 4.13. The largest absolute Gasteiger partial charge is 0.283 e. The minimum Gasteiger partial charge on any atom is -0.283 e. The summed E-state index contributed by atoms with van der Waals surface area (Å²) in [5.74, 6) is 3.94. The van der Waals surface area contributed by atoms with Crippen LogP contribution in [-0.2, 0) is 0 Å². The molecule has 0 aromatic heterocycles. The van der Waals surface area contributed by atoms with Gasteiger partial charge in [-0.1, -0.05) is 29.6 Å². The molecule has 0 atom stereocenters. The maximum absolute atomic E-state index is 12.0. The van der Waals surface area contributed by atoms with Gasteiger partial charge in [0.1, 0.15) is 0 Å². The quantitative estimate of drug-likeness (QED) is 0.720. The average Bonchev–Trinajstić information content (AvgIpc) is 2.00. The van der Waals surface area contributed by atoms with E-state index in [1.54, 1.807) is 24.3 Å². The SMILES string of the molecule is C=S(C)(C)(Br)C(=O)c1cccc(Cl)c1. The highest BCUT2D eigenvalue weighted by Crippen LogP contribution is 2.59. The lowest BCUT2D eigenvalue weighted by Gasteiger charge is -2.30. The zero-order valence-corrected chi connectivity index (χ0v) is 11.2. The molecule has 0 aliphatic rings. The number of carbonyl (C=O) groups is 1. The van der Waals surface area contributed by atoms with Gasteiger partial charge in [-0.15, -0.1) is 7.18 Å². The first-order valence-electron chi connectivity index (χ1n) is 3.93. The predicted molar refractivity (Wildman–Crippen MR) is 71.3 cm³/mol. The molecule has 0 spiro atoms. The zero-order chi connectivity index (χ0) is 11.0. The number of halogens is 2. The zero-order valence-electron chi connectivity index (χ0n) is 8.09. The molecule has 0 heterocycles. The third-order valence-electron chi connectivity index (χ3n) is 1.63. The lowest BCUT2D eigenvalue weighted by molar-refractivity contribution is 0.108. The van der Waals surface area contributed by atoms with E-state index >= 15 is 0 Å². The summed E-state index contributed by atoms with van der Waals surface area (Å²) in [6.45, 7) is 0. The van der Waals surface area contributed by atoms with Gasteiger partial charge in [0, 0.05) is 10.6 Å². The van der Waals surface area contributed by atoms with Crippen LogP contribution in [0, 0.1) is 0 Å². The summed E-state index contributed by atoms with van der Waals surface area (Å²) in [5, 5.41) is 0.587. The molecule has 1 nitrogen and oxygen atoms in total. The summed E-state index contributed by atoms with van der Waals surface area (Å²) in [4.78, 5) is 12.0. The molecule has 1 aromatic rings. The van der Waals surface area contributed by atoms with Crippen LogP contribution in [0.25, 0.3) is 0 Å². The number of benzene rings is 1. The van der Waals surface area contributed by atoms with E-state index in [4.69, 9.17) is 11.6 Å². The Hall–Kier alpha value is -0.120. The van der Waals surface area contributed by atoms with Crippen LogP contribution >= 0.6 is 33.6 Å². The van der Waals surface area contributed by atoms with Crippen LogP contribution in [0.2, 0.25) is 5.02 Å². The Morgan fingerprint density at radius 2 is 2.07 bits per heavy atom. The van der Waals surface area contributed by atoms with Crippen molar-refractivity contribution in [3.63, 3.8) is 0 Å². The van der Waals surface area contributed by atoms with E-state index in [0.29, 0.717) is 10.6 Å². The van der Waals surface area contributed by atoms with E-state index in [2.05, 4.69) is 20.7 Å². The lowest BCUT2D eigenvalue weighted by Crippen LogP contribution is -2.10. The molecule has 0 bridgehead atoms. The molecule has 14 heavy (non-hydrogen) atoms. The summed E-state index contributed by atoms with van der Waals surface area (Å²) < 4.78 is 0. The average molecular weight is 296 g/mol. The van der Waals surface area contributed by atoms with Crippen molar-refractivity contribution < 1.29 is 4.79 Å². The van der Waals surface area contributed by atoms with Crippen LogP contribution in [0.15, 0.2) is 24.3 Å². The van der Waals surface area contributed by atoms with Gasteiger partial charge in [-0.3, -0.25) is 4.79 Å². The van der Waals surface area contributed by atoms with Crippen LogP contribution in [0.5, 0.6) is 0 Å². The van der Waals surface area contributed by atoms with E-state index in [1.165, 1.54) is 0 Å². The van der Waals surface area contributed by atoms with Crippen molar-refractivity contribution in [1.82, 2.24) is 0 Å². The van der Waals surface area contributed by atoms with Gasteiger partial charge in [-0.25, -0.2) is 0 Å². The number of carbonyl (C=O) groups excluding carboxylic acids is 1. The Balaban J connectivity index is 3.22. The summed E-state index contributed by atoms with van der Waals surface area (Å²) >= 11 is 9.22.